The molecule has 1 fully saturated rings. The lowest BCUT2D eigenvalue weighted by Crippen LogP contribution is -2.31. The van der Waals surface area contributed by atoms with Crippen LogP contribution in [0.25, 0.3) is 0 Å². The van der Waals surface area contributed by atoms with Crippen LogP contribution in [0.1, 0.15) is 24.4 Å². The van der Waals surface area contributed by atoms with Crippen molar-refractivity contribution in [3.05, 3.63) is 29.8 Å². The molecule has 1 heterocycles. The molecule has 1 aliphatic heterocycles. The number of likely N-dealkylation sites (tertiary alicyclic amines) is 1. The minimum atomic E-state index is 0.415. The molecule has 0 spiro atoms. The van der Waals surface area contributed by atoms with Crippen LogP contribution in [-0.4, -0.2) is 30.8 Å². The van der Waals surface area contributed by atoms with Crippen LogP contribution in [0.2, 0.25) is 0 Å². The van der Waals surface area contributed by atoms with Crippen molar-refractivity contribution in [3.63, 3.8) is 0 Å². The highest BCUT2D eigenvalue weighted by Crippen LogP contribution is 2.25. The molecule has 16 heavy (non-hydrogen) atoms. The van der Waals surface area contributed by atoms with E-state index < -0.39 is 0 Å². The van der Waals surface area contributed by atoms with Gasteiger partial charge in [-0.25, -0.2) is 0 Å². The highest BCUT2D eigenvalue weighted by atomic mass is 32.2. The smallest absolute Gasteiger partial charge is 0.0470 e. The Labute approximate surface area is 102 Å². The van der Waals surface area contributed by atoms with E-state index in [0.717, 1.165) is 6.54 Å². The Bertz CT molecular complexity index is 317. The monoisotopic (exact) mass is 236 g/mol. The van der Waals surface area contributed by atoms with Crippen LogP contribution in [0, 0.1) is 0 Å². The van der Waals surface area contributed by atoms with Crippen molar-refractivity contribution in [3.8, 4) is 0 Å². The van der Waals surface area contributed by atoms with E-state index in [1.165, 1.54) is 36.4 Å². The van der Waals surface area contributed by atoms with E-state index in [0.29, 0.717) is 6.04 Å². The number of hydrogen-bond donors (Lipinski definition) is 1. The van der Waals surface area contributed by atoms with Crippen LogP contribution in [-0.2, 0) is 0 Å². The lowest BCUT2D eigenvalue weighted by atomic mass is 10.1. The Balaban J connectivity index is 2.12. The molecule has 1 aromatic carbocycles. The third-order valence-electron chi connectivity index (χ3n) is 3.31. The van der Waals surface area contributed by atoms with Crippen LogP contribution in [0.5, 0.6) is 0 Å². The summed E-state index contributed by atoms with van der Waals surface area (Å²) in [4.78, 5) is 3.83. The number of rotatable bonds is 4. The third-order valence-corrected chi connectivity index (χ3v) is 4.05. The molecule has 0 saturated carbocycles. The maximum absolute atomic E-state index is 5.91. The molecule has 2 rings (SSSR count). The van der Waals surface area contributed by atoms with Gasteiger partial charge in [0.05, 0.1) is 0 Å². The van der Waals surface area contributed by atoms with Crippen LogP contribution >= 0.6 is 11.8 Å². The van der Waals surface area contributed by atoms with Crippen molar-refractivity contribution < 1.29 is 0 Å². The first kappa shape index (κ1) is 12.0. The van der Waals surface area contributed by atoms with Gasteiger partial charge < -0.3 is 5.73 Å². The highest BCUT2D eigenvalue weighted by molar-refractivity contribution is 7.98. The van der Waals surface area contributed by atoms with Gasteiger partial charge in [-0.1, -0.05) is 12.1 Å². The quantitative estimate of drug-likeness (QED) is 0.815. The van der Waals surface area contributed by atoms with E-state index in [4.69, 9.17) is 5.73 Å². The Morgan fingerprint density at radius 1 is 1.25 bits per heavy atom. The molecule has 1 atom stereocenters. The second kappa shape index (κ2) is 5.71. The molecule has 0 bridgehead atoms. The van der Waals surface area contributed by atoms with Crippen LogP contribution in [0.15, 0.2) is 29.2 Å². The Hall–Kier alpha value is -0.510. The number of nitrogens with zero attached hydrogens (tertiary/aromatic N) is 1. The van der Waals surface area contributed by atoms with Crippen molar-refractivity contribution in [1.82, 2.24) is 4.90 Å². The summed E-state index contributed by atoms with van der Waals surface area (Å²) in [5, 5.41) is 0. The van der Waals surface area contributed by atoms with E-state index in [9.17, 15) is 0 Å². The lowest BCUT2D eigenvalue weighted by Gasteiger charge is -2.26. The molecule has 1 aliphatic rings. The molecule has 0 amide bonds. The second-order valence-electron chi connectivity index (χ2n) is 4.27. The summed E-state index contributed by atoms with van der Waals surface area (Å²) in [6, 6.07) is 9.25. The van der Waals surface area contributed by atoms with Crippen molar-refractivity contribution in [1.29, 1.82) is 0 Å². The molecular formula is C13H20N2S. The minimum Gasteiger partial charge on any atom is -0.329 e. The average molecular weight is 236 g/mol. The van der Waals surface area contributed by atoms with Crippen molar-refractivity contribution >= 4 is 11.8 Å². The van der Waals surface area contributed by atoms with Gasteiger partial charge in [0.25, 0.3) is 0 Å². The predicted molar refractivity (Wildman–Crippen MR) is 70.8 cm³/mol. The average Bonchev–Trinajstić information content (AvgIpc) is 2.85. The molecule has 1 saturated heterocycles. The van der Waals surface area contributed by atoms with Gasteiger partial charge in [0.1, 0.15) is 0 Å². The normalized spacial score (nSPS) is 18.9. The minimum absolute atomic E-state index is 0.415. The highest BCUT2D eigenvalue weighted by Gasteiger charge is 2.21. The fourth-order valence-electron chi connectivity index (χ4n) is 2.38. The van der Waals surface area contributed by atoms with Gasteiger partial charge in [-0.2, -0.15) is 0 Å². The van der Waals surface area contributed by atoms with Crippen molar-refractivity contribution in [2.24, 2.45) is 5.73 Å². The van der Waals surface area contributed by atoms with Gasteiger partial charge >= 0.3 is 0 Å². The molecule has 0 aromatic heterocycles. The molecular weight excluding hydrogens is 216 g/mol. The van der Waals surface area contributed by atoms with Gasteiger partial charge in [-0.05, 0) is 49.9 Å². The summed E-state index contributed by atoms with van der Waals surface area (Å²) in [5.41, 5.74) is 7.27. The summed E-state index contributed by atoms with van der Waals surface area (Å²) >= 11 is 1.78. The maximum atomic E-state index is 5.91. The van der Waals surface area contributed by atoms with Gasteiger partial charge in [0.15, 0.2) is 0 Å². The SMILES string of the molecule is CSc1ccc(C(CN)N2CCCC2)cc1. The van der Waals surface area contributed by atoms with Gasteiger partial charge in [-0.15, -0.1) is 11.8 Å². The number of thioether (sulfide) groups is 1. The second-order valence-corrected chi connectivity index (χ2v) is 5.15. The van der Waals surface area contributed by atoms with E-state index in [2.05, 4.69) is 35.4 Å². The zero-order valence-electron chi connectivity index (χ0n) is 9.86. The van der Waals surface area contributed by atoms with Crippen molar-refractivity contribution in [2.45, 2.75) is 23.8 Å². The summed E-state index contributed by atoms with van der Waals surface area (Å²) in [6.45, 7) is 3.12. The van der Waals surface area contributed by atoms with E-state index in [-0.39, 0.29) is 0 Å². The summed E-state index contributed by atoms with van der Waals surface area (Å²) in [7, 11) is 0. The summed E-state index contributed by atoms with van der Waals surface area (Å²) in [6.07, 6.45) is 4.74. The zero-order chi connectivity index (χ0) is 11.4. The Morgan fingerprint density at radius 3 is 2.38 bits per heavy atom. The molecule has 1 aromatic rings. The number of hydrogen-bond acceptors (Lipinski definition) is 3. The number of nitrogens with two attached hydrogens (primary N) is 1. The van der Waals surface area contributed by atoms with Gasteiger partial charge in [0.2, 0.25) is 0 Å². The molecule has 0 radical (unpaired) electrons. The summed E-state index contributed by atoms with van der Waals surface area (Å²) in [5.74, 6) is 0. The molecule has 1 unspecified atom stereocenters. The first-order valence-electron chi connectivity index (χ1n) is 5.93. The molecule has 88 valence electrons. The van der Waals surface area contributed by atoms with E-state index in [1.807, 2.05) is 0 Å². The first-order valence-corrected chi connectivity index (χ1v) is 7.15. The molecule has 2 N–H and O–H groups in total. The fraction of sp³-hybridized carbons (Fsp3) is 0.538. The maximum Gasteiger partial charge on any atom is 0.0470 e. The van der Waals surface area contributed by atoms with Gasteiger partial charge in [0, 0.05) is 17.5 Å². The first-order chi connectivity index (χ1) is 7.85. The Kier molecular flexibility index (Phi) is 4.27. The largest absolute Gasteiger partial charge is 0.329 e. The number of benzene rings is 1. The lowest BCUT2D eigenvalue weighted by molar-refractivity contribution is 0.251. The van der Waals surface area contributed by atoms with Crippen LogP contribution in [0.4, 0.5) is 0 Å². The predicted octanol–water partition coefficient (Wildman–Crippen LogP) is 2.50. The summed E-state index contributed by atoms with van der Waals surface area (Å²) < 4.78 is 0. The molecule has 2 nitrogen and oxygen atoms in total. The zero-order valence-corrected chi connectivity index (χ0v) is 10.7. The standard InChI is InChI=1S/C13H20N2S/c1-16-12-6-4-11(5-7-12)13(10-14)15-8-2-3-9-15/h4-7,13H,2-3,8-10,14H2,1H3. The van der Waals surface area contributed by atoms with E-state index in [1.54, 1.807) is 11.8 Å². The molecule has 3 heteroatoms. The van der Waals surface area contributed by atoms with Crippen molar-refractivity contribution in [2.75, 3.05) is 25.9 Å². The third kappa shape index (κ3) is 2.59. The van der Waals surface area contributed by atoms with Gasteiger partial charge in [-0.3, -0.25) is 4.90 Å². The van der Waals surface area contributed by atoms with Crippen LogP contribution in [0.3, 0.4) is 0 Å². The van der Waals surface area contributed by atoms with Crippen LogP contribution < -0.4 is 5.73 Å². The fourth-order valence-corrected chi connectivity index (χ4v) is 2.78. The van der Waals surface area contributed by atoms with E-state index >= 15 is 0 Å². The topological polar surface area (TPSA) is 29.3 Å². The molecule has 0 aliphatic carbocycles. The Morgan fingerprint density at radius 2 is 1.88 bits per heavy atom.